The second kappa shape index (κ2) is 9.93. The first-order valence-electron chi connectivity index (χ1n) is 13.5. The molecule has 0 spiro atoms. The van der Waals surface area contributed by atoms with E-state index < -0.39 is 0 Å². The van der Waals surface area contributed by atoms with Gasteiger partial charge >= 0.3 is 0 Å². The van der Waals surface area contributed by atoms with Crippen LogP contribution in [0.1, 0.15) is 65.9 Å². The van der Waals surface area contributed by atoms with Crippen LogP contribution in [0.4, 0.5) is 0 Å². The van der Waals surface area contributed by atoms with Gasteiger partial charge in [0, 0.05) is 24.2 Å². The maximum absolute atomic E-state index is 5.14. The molecule has 0 saturated heterocycles. The lowest BCUT2D eigenvalue weighted by Crippen LogP contribution is -2.12. The SMILES string of the molecule is CCCCn1c(-c2cc(-c3nc4ccccc4n3CCCC)cc(C(C)(C)C)c2)nc2ccccc21. The smallest absolute Gasteiger partial charge is 0.141 e. The Kier molecular flexibility index (Phi) is 6.70. The molecule has 36 heavy (non-hydrogen) atoms. The lowest BCUT2D eigenvalue weighted by atomic mass is 9.84. The zero-order valence-electron chi connectivity index (χ0n) is 22.4. The summed E-state index contributed by atoms with van der Waals surface area (Å²) < 4.78 is 4.81. The molecule has 0 radical (unpaired) electrons. The van der Waals surface area contributed by atoms with Gasteiger partial charge in [0.1, 0.15) is 11.6 Å². The van der Waals surface area contributed by atoms with Crippen molar-refractivity contribution >= 4 is 22.1 Å². The Morgan fingerprint density at radius 3 is 1.50 bits per heavy atom. The van der Waals surface area contributed by atoms with Crippen LogP contribution in [0.5, 0.6) is 0 Å². The van der Waals surface area contributed by atoms with Crippen LogP contribution in [0.3, 0.4) is 0 Å². The molecule has 0 bridgehead atoms. The van der Waals surface area contributed by atoms with Gasteiger partial charge in [-0.05, 0) is 66.3 Å². The van der Waals surface area contributed by atoms with Crippen LogP contribution in [0.15, 0.2) is 66.7 Å². The number of aromatic nitrogens is 4. The zero-order chi connectivity index (χ0) is 25.3. The van der Waals surface area contributed by atoms with E-state index in [4.69, 9.17) is 9.97 Å². The molecule has 3 aromatic carbocycles. The quantitative estimate of drug-likeness (QED) is 0.224. The fourth-order valence-electron chi connectivity index (χ4n) is 5.00. The molecule has 2 aromatic heterocycles. The van der Waals surface area contributed by atoms with Gasteiger partial charge in [-0.1, -0.05) is 71.7 Å². The van der Waals surface area contributed by atoms with Gasteiger partial charge in [-0.3, -0.25) is 0 Å². The van der Waals surface area contributed by atoms with E-state index in [0.717, 1.165) is 61.5 Å². The fourth-order valence-corrected chi connectivity index (χ4v) is 5.00. The molecule has 0 saturated carbocycles. The van der Waals surface area contributed by atoms with Crippen molar-refractivity contribution in [3.63, 3.8) is 0 Å². The third kappa shape index (κ3) is 4.57. The summed E-state index contributed by atoms with van der Waals surface area (Å²) in [5.41, 5.74) is 8.17. The van der Waals surface area contributed by atoms with E-state index in [0.29, 0.717) is 0 Å². The molecule has 0 aliphatic rings. The highest BCUT2D eigenvalue weighted by atomic mass is 15.1. The Hall–Kier alpha value is -3.40. The Labute approximate surface area is 215 Å². The van der Waals surface area contributed by atoms with Crippen molar-refractivity contribution in [1.82, 2.24) is 19.1 Å². The largest absolute Gasteiger partial charge is 0.324 e. The molecule has 0 aliphatic heterocycles. The van der Waals surface area contributed by atoms with Crippen molar-refractivity contribution in [2.45, 2.75) is 78.8 Å². The lowest BCUT2D eigenvalue weighted by molar-refractivity contribution is 0.590. The maximum atomic E-state index is 5.14. The van der Waals surface area contributed by atoms with E-state index in [9.17, 15) is 0 Å². The van der Waals surface area contributed by atoms with Gasteiger partial charge in [0.05, 0.1) is 22.1 Å². The number of fused-ring (bicyclic) bond motifs is 2. The van der Waals surface area contributed by atoms with E-state index in [-0.39, 0.29) is 5.41 Å². The Morgan fingerprint density at radius 2 is 1.08 bits per heavy atom. The molecule has 0 aliphatic carbocycles. The minimum atomic E-state index is 0.00525. The van der Waals surface area contributed by atoms with E-state index in [2.05, 4.69) is 110 Å². The standard InChI is InChI=1S/C32H38N4/c1-6-8-18-35-28-16-12-10-14-26(28)33-30(35)23-20-24(22-25(21-23)32(3,4)5)31-34-27-15-11-13-17-29(27)36(31)19-9-7-2/h10-17,20-22H,6-9,18-19H2,1-5H3. The van der Waals surface area contributed by atoms with Gasteiger partial charge in [0.25, 0.3) is 0 Å². The predicted molar refractivity (Wildman–Crippen MR) is 152 cm³/mol. The first-order chi connectivity index (χ1) is 17.4. The number of para-hydroxylation sites is 4. The van der Waals surface area contributed by atoms with Gasteiger partial charge in [-0.25, -0.2) is 9.97 Å². The molecule has 2 heterocycles. The van der Waals surface area contributed by atoms with Crippen molar-refractivity contribution < 1.29 is 0 Å². The number of benzene rings is 3. The summed E-state index contributed by atoms with van der Waals surface area (Å²) in [7, 11) is 0. The van der Waals surface area contributed by atoms with Gasteiger partial charge in [0.2, 0.25) is 0 Å². The zero-order valence-corrected chi connectivity index (χ0v) is 22.4. The second-order valence-corrected chi connectivity index (χ2v) is 10.9. The highest BCUT2D eigenvalue weighted by molar-refractivity contribution is 5.84. The molecule has 0 N–H and O–H groups in total. The molecule has 0 unspecified atom stereocenters. The van der Waals surface area contributed by atoms with Crippen molar-refractivity contribution in [2.24, 2.45) is 0 Å². The van der Waals surface area contributed by atoms with E-state index in [1.54, 1.807) is 0 Å². The normalized spacial score (nSPS) is 12.1. The summed E-state index contributed by atoms with van der Waals surface area (Å²) >= 11 is 0. The second-order valence-electron chi connectivity index (χ2n) is 10.9. The number of hydrogen-bond acceptors (Lipinski definition) is 2. The number of aryl methyl sites for hydroxylation is 2. The summed E-state index contributed by atoms with van der Waals surface area (Å²) in [4.78, 5) is 10.3. The summed E-state index contributed by atoms with van der Waals surface area (Å²) in [6.45, 7) is 13.3. The molecule has 5 rings (SSSR count). The van der Waals surface area contributed by atoms with Gasteiger partial charge in [0.15, 0.2) is 0 Å². The minimum absolute atomic E-state index is 0.00525. The summed E-state index contributed by atoms with van der Waals surface area (Å²) in [5, 5.41) is 0. The number of unbranched alkanes of at least 4 members (excludes halogenated alkanes) is 2. The van der Waals surface area contributed by atoms with E-state index >= 15 is 0 Å². The van der Waals surface area contributed by atoms with E-state index in [1.807, 2.05) is 0 Å². The average Bonchev–Trinajstić information content (AvgIpc) is 3.44. The average molecular weight is 479 g/mol. The van der Waals surface area contributed by atoms with Crippen LogP contribution in [0, 0.1) is 0 Å². The summed E-state index contributed by atoms with van der Waals surface area (Å²) in [6, 6.07) is 24.0. The van der Waals surface area contributed by atoms with E-state index in [1.165, 1.54) is 27.7 Å². The van der Waals surface area contributed by atoms with Gasteiger partial charge in [-0.15, -0.1) is 0 Å². The Balaban J connectivity index is 1.75. The van der Waals surface area contributed by atoms with Crippen LogP contribution in [-0.2, 0) is 18.5 Å². The lowest BCUT2D eigenvalue weighted by Gasteiger charge is -2.22. The molecular formula is C32H38N4. The Bertz CT molecular complexity index is 1390. The number of hydrogen-bond donors (Lipinski definition) is 0. The first-order valence-corrected chi connectivity index (χ1v) is 13.5. The third-order valence-corrected chi connectivity index (χ3v) is 7.10. The number of rotatable bonds is 8. The minimum Gasteiger partial charge on any atom is -0.324 e. The highest BCUT2D eigenvalue weighted by Gasteiger charge is 2.21. The first kappa shape index (κ1) is 24.3. The summed E-state index contributed by atoms with van der Waals surface area (Å²) in [6.07, 6.45) is 4.57. The topological polar surface area (TPSA) is 35.6 Å². The predicted octanol–water partition coefficient (Wildman–Crippen LogP) is 8.62. The van der Waals surface area contributed by atoms with Crippen molar-refractivity contribution in [2.75, 3.05) is 0 Å². The number of imidazole rings is 2. The summed E-state index contributed by atoms with van der Waals surface area (Å²) in [5.74, 6) is 2.10. The Morgan fingerprint density at radius 1 is 0.639 bits per heavy atom. The number of nitrogens with zero attached hydrogens (tertiary/aromatic N) is 4. The van der Waals surface area contributed by atoms with Crippen LogP contribution < -0.4 is 0 Å². The van der Waals surface area contributed by atoms with Crippen LogP contribution in [0.25, 0.3) is 44.8 Å². The maximum Gasteiger partial charge on any atom is 0.141 e. The van der Waals surface area contributed by atoms with Crippen LogP contribution >= 0.6 is 0 Å². The molecule has 0 atom stereocenters. The molecule has 4 heteroatoms. The highest BCUT2D eigenvalue weighted by Crippen LogP contribution is 2.35. The molecule has 0 fully saturated rings. The van der Waals surface area contributed by atoms with Gasteiger partial charge in [-0.2, -0.15) is 0 Å². The molecule has 4 nitrogen and oxygen atoms in total. The van der Waals surface area contributed by atoms with Crippen molar-refractivity contribution in [3.05, 3.63) is 72.3 Å². The molecule has 0 amide bonds. The molecule has 186 valence electrons. The van der Waals surface area contributed by atoms with Crippen LogP contribution in [-0.4, -0.2) is 19.1 Å². The van der Waals surface area contributed by atoms with Crippen molar-refractivity contribution in [1.29, 1.82) is 0 Å². The third-order valence-electron chi connectivity index (χ3n) is 7.10. The monoisotopic (exact) mass is 478 g/mol. The van der Waals surface area contributed by atoms with Crippen molar-refractivity contribution in [3.8, 4) is 22.8 Å². The van der Waals surface area contributed by atoms with Gasteiger partial charge < -0.3 is 9.13 Å². The fraction of sp³-hybridized carbons (Fsp3) is 0.375. The molecule has 5 aromatic rings. The van der Waals surface area contributed by atoms with Crippen LogP contribution in [0.2, 0.25) is 0 Å². The molecular weight excluding hydrogens is 440 g/mol.